The molecule has 2 rings (SSSR count). The third-order valence-electron chi connectivity index (χ3n) is 3.41. The van der Waals surface area contributed by atoms with Crippen molar-refractivity contribution in [2.24, 2.45) is 5.73 Å². The van der Waals surface area contributed by atoms with Crippen LogP contribution in [0.1, 0.15) is 31.2 Å². The molecular weight excluding hydrogens is 228 g/mol. The van der Waals surface area contributed by atoms with Gasteiger partial charge in [-0.1, -0.05) is 12.1 Å². The van der Waals surface area contributed by atoms with Gasteiger partial charge in [-0.05, 0) is 43.4 Å². The van der Waals surface area contributed by atoms with E-state index >= 15 is 0 Å². The first-order chi connectivity index (χ1) is 8.63. The second-order valence-electron chi connectivity index (χ2n) is 5.03. The molecule has 1 amide bonds. The minimum atomic E-state index is 0.0149. The van der Waals surface area contributed by atoms with Crippen LogP contribution in [0.4, 0.5) is 0 Å². The van der Waals surface area contributed by atoms with Crippen LogP contribution in [-0.4, -0.2) is 23.1 Å². The molecule has 4 heteroatoms. The fraction of sp³-hybridized carbons (Fsp3) is 0.500. The zero-order valence-electron chi connectivity index (χ0n) is 10.4. The zero-order valence-corrected chi connectivity index (χ0v) is 10.4. The topological polar surface area (TPSA) is 75.3 Å². The first-order valence-electron chi connectivity index (χ1n) is 6.46. The van der Waals surface area contributed by atoms with E-state index in [0.717, 1.165) is 31.2 Å². The maximum absolute atomic E-state index is 11.8. The van der Waals surface area contributed by atoms with E-state index in [-0.39, 0.29) is 17.7 Å². The van der Waals surface area contributed by atoms with Gasteiger partial charge in [-0.15, -0.1) is 0 Å². The average Bonchev–Trinajstić information content (AvgIpc) is 2.32. The summed E-state index contributed by atoms with van der Waals surface area (Å²) in [5.41, 5.74) is 6.66. The summed E-state index contributed by atoms with van der Waals surface area (Å²) in [7, 11) is 0. The van der Waals surface area contributed by atoms with Crippen molar-refractivity contribution in [2.45, 2.75) is 44.2 Å². The fourth-order valence-corrected chi connectivity index (χ4v) is 2.39. The maximum atomic E-state index is 11.8. The summed E-state index contributed by atoms with van der Waals surface area (Å²) in [5, 5.41) is 12.4. The summed E-state index contributed by atoms with van der Waals surface area (Å²) in [6.45, 7) is 0. The van der Waals surface area contributed by atoms with Crippen LogP contribution in [0.5, 0.6) is 5.75 Å². The molecule has 0 radical (unpaired) electrons. The van der Waals surface area contributed by atoms with Crippen LogP contribution >= 0.6 is 0 Å². The number of carbonyl (C=O) groups excluding carboxylic acids is 1. The number of hydrogen-bond donors (Lipinski definition) is 3. The quantitative estimate of drug-likeness (QED) is 0.755. The van der Waals surface area contributed by atoms with E-state index in [1.54, 1.807) is 18.2 Å². The minimum Gasteiger partial charge on any atom is -0.508 e. The third-order valence-corrected chi connectivity index (χ3v) is 3.41. The molecule has 1 aliphatic carbocycles. The number of hydrogen-bond acceptors (Lipinski definition) is 3. The molecule has 1 saturated carbocycles. The van der Waals surface area contributed by atoms with Crippen molar-refractivity contribution in [3.63, 3.8) is 0 Å². The van der Waals surface area contributed by atoms with Crippen LogP contribution in [-0.2, 0) is 11.2 Å². The minimum absolute atomic E-state index is 0.0149. The van der Waals surface area contributed by atoms with Gasteiger partial charge in [0.05, 0.1) is 6.42 Å². The van der Waals surface area contributed by atoms with Crippen LogP contribution in [0, 0.1) is 0 Å². The van der Waals surface area contributed by atoms with Gasteiger partial charge in [0.15, 0.2) is 0 Å². The molecule has 4 nitrogen and oxygen atoms in total. The van der Waals surface area contributed by atoms with E-state index in [1.807, 2.05) is 6.07 Å². The lowest BCUT2D eigenvalue weighted by molar-refractivity contribution is -0.121. The molecule has 0 heterocycles. The van der Waals surface area contributed by atoms with E-state index in [0.29, 0.717) is 12.5 Å². The van der Waals surface area contributed by atoms with Crippen molar-refractivity contribution < 1.29 is 9.90 Å². The summed E-state index contributed by atoms with van der Waals surface area (Å²) >= 11 is 0. The summed E-state index contributed by atoms with van der Waals surface area (Å²) in [5.74, 6) is 0.213. The van der Waals surface area contributed by atoms with Crippen LogP contribution in [0.2, 0.25) is 0 Å². The SMILES string of the molecule is NC1CCC(NC(=O)Cc2cccc(O)c2)CC1. The molecule has 1 aromatic carbocycles. The van der Waals surface area contributed by atoms with Crippen LogP contribution < -0.4 is 11.1 Å². The molecule has 0 aromatic heterocycles. The molecule has 0 aliphatic heterocycles. The van der Waals surface area contributed by atoms with Gasteiger partial charge in [-0.2, -0.15) is 0 Å². The van der Waals surface area contributed by atoms with E-state index in [9.17, 15) is 9.90 Å². The summed E-state index contributed by atoms with van der Waals surface area (Å²) in [6.07, 6.45) is 4.21. The van der Waals surface area contributed by atoms with Crippen molar-refractivity contribution in [3.8, 4) is 5.75 Å². The summed E-state index contributed by atoms with van der Waals surface area (Å²) in [6, 6.07) is 7.37. The Balaban J connectivity index is 1.82. The number of phenols is 1. The van der Waals surface area contributed by atoms with Crippen LogP contribution in [0.3, 0.4) is 0 Å². The highest BCUT2D eigenvalue weighted by Gasteiger charge is 2.19. The number of amides is 1. The number of aromatic hydroxyl groups is 1. The van der Waals surface area contributed by atoms with Gasteiger partial charge < -0.3 is 16.2 Å². The highest BCUT2D eigenvalue weighted by atomic mass is 16.3. The van der Waals surface area contributed by atoms with Gasteiger partial charge in [-0.3, -0.25) is 4.79 Å². The van der Waals surface area contributed by atoms with Crippen molar-refractivity contribution in [1.82, 2.24) is 5.32 Å². The molecule has 0 saturated heterocycles. The number of rotatable bonds is 3. The van der Waals surface area contributed by atoms with Crippen molar-refractivity contribution >= 4 is 5.91 Å². The lowest BCUT2D eigenvalue weighted by atomic mass is 9.91. The number of phenolic OH excluding ortho intramolecular Hbond substituents is 1. The Morgan fingerprint density at radius 3 is 2.72 bits per heavy atom. The van der Waals surface area contributed by atoms with Crippen LogP contribution in [0.25, 0.3) is 0 Å². The molecule has 4 N–H and O–H groups in total. The lowest BCUT2D eigenvalue weighted by Crippen LogP contribution is -2.41. The predicted octanol–water partition coefficient (Wildman–Crippen LogP) is 1.32. The van der Waals surface area contributed by atoms with E-state index in [1.165, 1.54) is 0 Å². The van der Waals surface area contributed by atoms with Gasteiger partial charge in [0.1, 0.15) is 5.75 Å². The van der Waals surface area contributed by atoms with Crippen molar-refractivity contribution in [3.05, 3.63) is 29.8 Å². The lowest BCUT2D eigenvalue weighted by Gasteiger charge is -2.26. The van der Waals surface area contributed by atoms with Gasteiger partial charge in [0.2, 0.25) is 5.91 Å². The normalized spacial score (nSPS) is 23.6. The number of nitrogens with two attached hydrogens (primary N) is 1. The standard InChI is InChI=1S/C14H20N2O2/c15-11-4-6-12(7-5-11)16-14(18)9-10-2-1-3-13(17)8-10/h1-3,8,11-12,17H,4-7,9,15H2,(H,16,18). The highest BCUT2D eigenvalue weighted by molar-refractivity contribution is 5.78. The Kier molecular flexibility index (Phi) is 4.20. The smallest absolute Gasteiger partial charge is 0.224 e. The molecular formula is C14H20N2O2. The second-order valence-corrected chi connectivity index (χ2v) is 5.03. The first-order valence-corrected chi connectivity index (χ1v) is 6.46. The Bertz CT molecular complexity index is 412. The zero-order chi connectivity index (χ0) is 13.0. The Hall–Kier alpha value is -1.55. The third kappa shape index (κ3) is 3.74. The Morgan fingerprint density at radius 2 is 2.06 bits per heavy atom. The van der Waals surface area contributed by atoms with Crippen LogP contribution in [0.15, 0.2) is 24.3 Å². The summed E-state index contributed by atoms with van der Waals surface area (Å²) < 4.78 is 0. The largest absolute Gasteiger partial charge is 0.508 e. The number of carbonyl (C=O) groups is 1. The monoisotopic (exact) mass is 248 g/mol. The summed E-state index contributed by atoms with van der Waals surface area (Å²) in [4.78, 5) is 11.8. The first kappa shape index (κ1) is 12.9. The maximum Gasteiger partial charge on any atom is 0.224 e. The highest BCUT2D eigenvalue weighted by Crippen LogP contribution is 2.17. The number of nitrogens with one attached hydrogen (secondary N) is 1. The molecule has 0 bridgehead atoms. The van der Waals surface area contributed by atoms with Crippen molar-refractivity contribution in [1.29, 1.82) is 0 Å². The van der Waals surface area contributed by atoms with E-state index < -0.39 is 0 Å². The van der Waals surface area contributed by atoms with E-state index in [4.69, 9.17) is 5.73 Å². The molecule has 98 valence electrons. The number of benzene rings is 1. The molecule has 0 unspecified atom stereocenters. The Labute approximate surface area is 107 Å². The fourth-order valence-electron chi connectivity index (χ4n) is 2.39. The molecule has 0 spiro atoms. The van der Waals surface area contributed by atoms with Gasteiger partial charge in [-0.25, -0.2) is 0 Å². The van der Waals surface area contributed by atoms with Gasteiger partial charge in [0, 0.05) is 12.1 Å². The predicted molar refractivity (Wildman–Crippen MR) is 70.2 cm³/mol. The molecule has 18 heavy (non-hydrogen) atoms. The molecule has 1 fully saturated rings. The average molecular weight is 248 g/mol. The molecule has 1 aromatic rings. The van der Waals surface area contributed by atoms with Crippen molar-refractivity contribution in [2.75, 3.05) is 0 Å². The molecule has 0 atom stereocenters. The Morgan fingerprint density at radius 1 is 1.33 bits per heavy atom. The second kappa shape index (κ2) is 5.87. The van der Waals surface area contributed by atoms with Gasteiger partial charge >= 0.3 is 0 Å². The molecule has 1 aliphatic rings. The van der Waals surface area contributed by atoms with Gasteiger partial charge in [0.25, 0.3) is 0 Å². The van der Waals surface area contributed by atoms with E-state index in [2.05, 4.69) is 5.32 Å².